The highest BCUT2D eigenvalue weighted by atomic mass is 35.5. The Kier molecular flexibility index (Phi) is 4.26. The second-order valence-corrected chi connectivity index (χ2v) is 5.30. The normalized spacial score (nSPS) is 13.5. The van der Waals surface area contributed by atoms with Crippen LogP contribution in [0.25, 0.3) is 0 Å². The van der Waals surface area contributed by atoms with Crippen molar-refractivity contribution in [3.05, 3.63) is 40.4 Å². The molecule has 0 aliphatic carbocycles. The van der Waals surface area contributed by atoms with Crippen LogP contribution in [0.4, 0.5) is 5.69 Å². The van der Waals surface area contributed by atoms with E-state index in [9.17, 15) is 4.79 Å². The molecule has 1 aliphatic heterocycles. The van der Waals surface area contributed by atoms with Crippen LogP contribution in [-0.2, 0) is 24.4 Å². The van der Waals surface area contributed by atoms with Crippen LogP contribution in [-0.4, -0.2) is 34.3 Å². The van der Waals surface area contributed by atoms with Crippen LogP contribution >= 0.6 is 11.6 Å². The molecule has 1 aromatic heterocycles. The lowest BCUT2D eigenvalue weighted by atomic mass is 10.1. The highest BCUT2D eigenvalue weighted by Crippen LogP contribution is 2.22. The lowest BCUT2D eigenvalue weighted by molar-refractivity contribution is 0.0807. The number of carbonyl (C=O) groups excluding carboxylic acids is 1. The van der Waals surface area contributed by atoms with Gasteiger partial charge in [0.15, 0.2) is 11.6 Å². The topological polar surface area (TPSA) is 81.1 Å². The predicted molar refractivity (Wildman–Crippen MR) is 81.8 cm³/mol. The summed E-state index contributed by atoms with van der Waals surface area (Å²) in [6.07, 6.45) is 0. The number of hydrogen-bond donors (Lipinski definition) is 2. The lowest BCUT2D eigenvalue weighted by Gasteiger charge is -2.16. The third-order valence-corrected chi connectivity index (χ3v) is 3.72. The number of amides is 1. The molecule has 0 radical (unpaired) electrons. The van der Waals surface area contributed by atoms with Crippen molar-refractivity contribution < 1.29 is 9.53 Å². The van der Waals surface area contributed by atoms with Crippen LogP contribution in [0, 0.1) is 0 Å². The van der Waals surface area contributed by atoms with Crippen molar-refractivity contribution in [2.75, 3.05) is 19.0 Å². The quantitative estimate of drug-likeness (QED) is 0.890. The fourth-order valence-corrected chi connectivity index (χ4v) is 2.53. The zero-order valence-electron chi connectivity index (χ0n) is 12.1. The lowest BCUT2D eigenvalue weighted by Crippen LogP contribution is -2.21. The number of hydrogen-bond acceptors (Lipinski definition) is 5. The summed E-state index contributed by atoms with van der Waals surface area (Å²) >= 11 is 6.02. The molecule has 0 unspecified atom stereocenters. The predicted octanol–water partition coefficient (Wildman–Crippen LogP) is 1.43. The van der Waals surface area contributed by atoms with Gasteiger partial charge in [-0.3, -0.25) is 4.79 Å². The van der Waals surface area contributed by atoms with Gasteiger partial charge in [-0.2, -0.15) is 0 Å². The molecule has 8 heteroatoms. The molecular formula is C14H16ClN5O2. The van der Waals surface area contributed by atoms with E-state index in [4.69, 9.17) is 16.3 Å². The second kappa shape index (κ2) is 6.33. The zero-order chi connectivity index (χ0) is 15.5. The van der Waals surface area contributed by atoms with Crippen molar-refractivity contribution >= 4 is 23.2 Å². The number of fused-ring (bicyclic) bond motifs is 1. The van der Waals surface area contributed by atoms with Gasteiger partial charge in [0.05, 0.1) is 18.7 Å². The monoisotopic (exact) mass is 321 g/mol. The number of ether oxygens (including phenoxy) is 1. The average molecular weight is 322 g/mol. The average Bonchev–Trinajstić information content (AvgIpc) is 2.95. The number of anilines is 1. The molecule has 0 saturated carbocycles. The van der Waals surface area contributed by atoms with E-state index in [1.54, 1.807) is 25.2 Å². The van der Waals surface area contributed by atoms with Crippen LogP contribution in [0.2, 0.25) is 5.02 Å². The Bertz CT molecular complexity index is 701. The summed E-state index contributed by atoms with van der Waals surface area (Å²) in [6.45, 7) is 2.32. The first-order valence-corrected chi connectivity index (χ1v) is 7.31. The van der Waals surface area contributed by atoms with E-state index in [2.05, 4.69) is 20.8 Å². The molecule has 7 nitrogen and oxygen atoms in total. The Morgan fingerprint density at radius 2 is 2.32 bits per heavy atom. The summed E-state index contributed by atoms with van der Waals surface area (Å²) in [5, 5.41) is 14.7. The first-order valence-electron chi connectivity index (χ1n) is 6.93. The van der Waals surface area contributed by atoms with Crippen molar-refractivity contribution in [2.45, 2.75) is 19.7 Å². The molecule has 116 valence electrons. The van der Waals surface area contributed by atoms with Crippen LogP contribution in [0.3, 0.4) is 0 Å². The summed E-state index contributed by atoms with van der Waals surface area (Å²) in [5.74, 6) is 1.46. The molecule has 0 saturated heterocycles. The van der Waals surface area contributed by atoms with E-state index in [0.29, 0.717) is 36.0 Å². The van der Waals surface area contributed by atoms with Crippen molar-refractivity contribution in [1.29, 1.82) is 0 Å². The van der Waals surface area contributed by atoms with Crippen molar-refractivity contribution in [1.82, 2.24) is 20.1 Å². The summed E-state index contributed by atoms with van der Waals surface area (Å²) in [4.78, 5) is 11.9. The van der Waals surface area contributed by atoms with Gasteiger partial charge >= 0.3 is 0 Å². The number of nitrogens with zero attached hydrogens (tertiary/aromatic N) is 3. The molecule has 0 atom stereocenters. The Morgan fingerprint density at radius 3 is 3.14 bits per heavy atom. The Labute approximate surface area is 132 Å². The summed E-state index contributed by atoms with van der Waals surface area (Å²) in [6, 6.07) is 5.10. The Balaban J connectivity index is 1.80. The molecule has 0 fully saturated rings. The van der Waals surface area contributed by atoms with Gasteiger partial charge in [-0.25, -0.2) is 0 Å². The minimum absolute atomic E-state index is 0.171. The number of benzene rings is 1. The minimum atomic E-state index is -0.171. The van der Waals surface area contributed by atoms with E-state index in [0.717, 1.165) is 18.2 Å². The van der Waals surface area contributed by atoms with Gasteiger partial charge in [0.1, 0.15) is 6.61 Å². The maximum absolute atomic E-state index is 11.9. The first kappa shape index (κ1) is 14.8. The van der Waals surface area contributed by atoms with Gasteiger partial charge in [-0.05, 0) is 18.2 Å². The van der Waals surface area contributed by atoms with Gasteiger partial charge in [0, 0.05) is 24.3 Å². The molecule has 0 bridgehead atoms. The second-order valence-electron chi connectivity index (χ2n) is 4.86. The van der Waals surface area contributed by atoms with E-state index in [-0.39, 0.29) is 5.91 Å². The van der Waals surface area contributed by atoms with Crippen LogP contribution < -0.4 is 10.6 Å². The molecule has 22 heavy (non-hydrogen) atoms. The van der Waals surface area contributed by atoms with Crippen LogP contribution in [0.15, 0.2) is 18.2 Å². The van der Waals surface area contributed by atoms with Crippen molar-refractivity contribution in [3.8, 4) is 0 Å². The minimum Gasteiger partial charge on any atom is -0.377 e. The number of nitrogens with one attached hydrogen (secondary N) is 2. The number of rotatable bonds is 4. The molecule has 1 aliphatic rings. The third-order valence-electron chi connectivity index (χ3n) is 3.48. The zero-order valence-corrected chi connectivity index (χ0v) is 12.9. The van der Waals surface area contributed by atoms with Gasteiger partial charge in [-0.15, -0.1) is 10.2 Å². The fourth-order valence-electron chi connectivity index (χ4n) is 2.36. The molecular weight excluding hydrogens is 306 g/mol. The van der Waals surface area contributed by atoms with E-state index in [1.807, 2.05) is 4.57 Å². The molecule has 1 aromatic carbocycles. The van der Waals surface area contributed by atoms with E-state index < -0.39 is 0 Å². The summed E-state index contributed by atoms with van der Waals surface area (Å²) in [5.41, 5.74) is 1.20. The van der Waals surface area contributed by atoms with Gasteiger partial charge in [0.2, 0.25) is 0 Å². The molecule has 0 spiro atoms. The van der Waals surface area contributed by atoms with E-state index >= 15 is 0 Å². The van der Waals surface area contributed by atoms with Gasteiger partial charge in [0.25, 0.3) is 5.91 Å². The smallest absolute Gasteiger partial charge is 0.253 e. The molecule has 2 aromatic rings. The Morgan fingerprint density at radius 1 is 1.45 bits per heavy atom. The van der Waals surface area contributed by atoms with Crippen LogP contribution in [0.5, 0.6) is 0 Å². The molecule has 3 rings (SSSR count). The van der Waals surface area contributed by atoms with Gasteiger partial charge in [-0.1, -0.05) is 11.6 Å². The fraction of sp³-hybridized carbons (Fsp3) is 0.357. The SMILES string of the molecule is CNC(=O)c1ccc(Cl)cc1NCc1nnc2n1CCOC2. The molecule has 1 amide bonds. The molecule has 2 heterocycles. The van der Waals surface area contributed by atoms with E-state index in [1.165, 1.54) is 0 Å². The summed E-state index contributed by atoms with van der Waals surface area (Å²) < 4.78 is 7.37. The maximum atomic E-state index is 11.9. The number of aromatic nitrogens is 3. The standard InChI is InChI=1S/C14H16ClN5O2/c1-16-14(21)10-3-2-9(15)6-11(10)17-7-12-18-19-13-8-22-5-4-20(12)13/h2-3,6,17H,4-5,7-8H2,1H3,(H,16,21). The number of carbonyl (C=O) groups is 1. The largest absolute Gasteiger partial charge is 0.377 e. The first-order chi connectivity index (χ1) is 10.7. The summed E-state index contributed by atoms with van der Waals surface area (Å²) in [7, 11) is 1.59. The highest BCUT2D eigenvalue weighted by Gasteiger charge is 2.17. The maximum Gasteiger partial charge on any atom is 0.253 e. The Hall–Kier alpha value is -2.12. The van der Waals surface area contributed by atoms with Crippen molar-refractivity contribution in [2.24, 2.45) is 0 Å². The number of halogens is 1. The third kappa shape index (κ3) is 2.90. The highest BCUT2D eigenvalue weighted by molar-refractivity contribution is 6.31. The van der Waals surface area contributed by atoms with Crippen LogP contribution in [0.1, 0.15) is 22.0 Å². The van der Waals surface area contributed by atoms with Gasteiger partial charge < -0.3 is 19.9 Å². The molecule has 2 N–H and O–H groups in total. The van der Waals surface area contributed by atoms with Crippen molar-refractivity contribution in [3.63, 3.8) is 0 Å².